The minimum absolute atomic E-state index is 0.244. The number of halogens is 2. The monoisotopic (exact) mass is 371 g/mol. The van der Waals surface area contributed by atoms with E-state index in [0.717, 1.165) is 29.6 Å². The average Bonchev–Trinajstić information content (AvgIpc) is 3.09. The molecule has 0 spiro atoms. The van der Waals surface area contributed by atoms with Crippen LogP contribution in [0.15, 0.2) is 54.7 Å². The molecule has 0 aliphatic rings. The first kappa shape index (κ1) is 18.2. The van der Waals surface area contributed by atoms with Crippen molar-refractivity contribution in [2.75, 3.05) is 11.9 Å². The second-order valence-electron chi connectivity index (χ2n) is 5.68. The van der Waals surface area contributed by atoms with Crippen molar-refractivity contribution >= 4 is 17.6 Å². The molecule has 0 saturated carbocycles. The maximum Gasteiger partial charge on any atom is 0.338 e. The fourth-order valence-corrected chi connectivity index (χ4v) is 2.37. The van der Waals surface area contributed by atoms with Gasteiger partial charge in [-0.2, -0.15) is 5.10 Å². The number of carbonyl (C=O) groups excluding carboxylic acids is 2. The number of amides is 1. The standard InChI is InChI=1S/C19H15F2N3O3/c1-12-8-9-22-24(12)15-5-2-13(3-6-15)19(26)27-11-18(25)23-17-10-14(20)4-7-16(17)21/h2-10H,11H2,1H3,(H,23,25). The van der Waals surface area contributed by atoms with Crippen molar-refractivity contribution in [2.24, 2.45) is 0 Å². The molecule has 1 heterocycles. The van der Waals surface area contributed by atoms with Crippen LogP contribution in [-0.4, -0.2) is 28.3 Å². The summed E-state index contributed by atoms with van der Waals surface area (Å²) in [4.78, 5) is 23.8. The molecule has 6 nitrogen and oxygen atoms in total. The topological polar surface area (TPSA) is 73.2 Å². The predicted octanol–water partition coefficient (Wildman–Crippen LogP) is 3.25. The Labute approximate surface area is 153 Å². The number of carbonyl (C=O) groups is 2. The third-order valence-electron chi connectivity index (χ3n) is 3.72. The van der Waals surface area contributed by atoms with Crippen LogP contribution in [0.1, 0.15) is 16.1 Å². The molecule has 1 N–H and O–H groups in total. The molecule has 0 bridgehead atoms. The average molecular weight is 371 g/mol. The Morgan fingerprint density at radius 2 is 1.85 bits per heavy atom. The molecular formula is C19H15F2N3O3. The lowest BCUT2D eigenvalue weighted by Gasteiger charge is -2.08. The number of hydrogen-bond acceptors (Lipinski definition) is 4. The van der Waals surface area contributed by atoms with E-state index in [9.17, 15) is 18.4 Å². The largest absolute Gasteiger partial charge is 0.452 e. The van der Waals surface area contributed by atoms with Gasteiger partial charge < -0.3 is 10.1 Å². The summed E-state index contributed by atoms with van der Waals surface area (Å²) >= 11 is 0. The number of esters is 1. The number of benzene rings is 2. The second-order valence-corrected chi connectivity index (χ2v) is 5.68. The van der Waals surface area contributed by atoms with Crippen molar-refractivity contribution in [2.45, 2.75) is 6.92 Å². The number of rotatable bonds is 5. The molecular weight excluding hydrogens is 356 g/mol. The zero-order valence-electron chi connectivity index (χ0n) is 14.3. The van der Waals surface area contributed by atoms with Gasteiger partial charge in [-0.05, 0) is 49.4 Å². The zero-order chi connectivity index (χ0) is 19.4. The summed E-state index contributed by atoms with van der Waals surface area (Å²) < 4.78 is 33.2. The molecule has 0 radical (unpaired) electrons. The third kappa shape index (κ3) is 4.35. The van der Waals surface area contributed by atoms with Gasteiger partial charge in [0.25, 0.3) is 5.91 Å². The molecule has 0 saturated heterocycles. The van der Waals surface area contributed by atoms with Crippen molar-refractivity contribution in [1.29, 1.82) is 0 Å². The first-order valence-corrected chi connectivity index (χ1v) is 7.97. The van der Waals surface area contributed by atoms with E-state index in [1.807, 2.05) is 13.0 Å². The van der Waals surface area contributed by atoms with Crippen LogP contribution in [0.25, 0.3) is 5.69 Å². The van der Waals surface area contributed by atoms with Gasteiger partial charge >= 0.3 is 5.97 Å². The summed E-state index contributed by atoms with van der Waals surface area (Å²) in [5, 5.41) is 6.31. The highest BCUT2D eigenvalue weighted by atomic mass is 19.1. The molecule has 138 valence electrons. The highest BCUT2D eigenvalue weighted by molar-refractivity contribution is 5.95. The van der Waals surface area contributed by atoms with E-state index in [1.165, 1.54) is 0 Å². The number of ether oxygens (including phenoxy) is 1. The Morgan fingerprint density at radius 3 is 2.52 bits per heavy atom. The lowest BCUT2D eigenvalue weighted by molar-refractivity contribution is -0.119. The van der Waals surface area contributed by atoms with E-state index in [2.05, 4.69) is 10.4 Å². The number of anilines is 1. The maximum atomic E-state index is 13.5. The van der Waals surface area contributed by atoms with Crippen LogP contribution in [0.3, 0.4) is 0 Å². The normalized spacial score (nSPS) is 10.5. The van der Waals surface area contributed by atoms with Gasteiger partial charge in [0.1, 0.15) is 11.6 Å². The summed E-state index contributed by atoms with van der Waals surface area (Å²) in [6.45, 7) is 1.27. The summed E-state index contributed by atoms with van der Waals surface area (Å²) in [6, 6.07) is 11.0. The minimum Gasteiger partial charge on any atom is -0.452 e. The van der Waals surface area contributed by atoms with Crippen molar-refractivity contribution < 1.29 is 23.1 Å². The molecule has 2 aromatic carbocycles. The van der Waals surface area contributed by atoms with E-state index >= 15 is 0 Å². The van der Waals surface area contributed by atoms with E-state index in [4.69, 9.17) is 4.74 Å². The van der Waals surface area contributed by atoms with Gasteiger partial charge in [0.2, 0.25) is 0 Å². The van der Waals surface area contributed by atoms with Gasteiger partial charge in [0.15, 0.2) is 6.61 Å². The lowest BCUT2D eigenvalue weighted by Crippen LogP contribution is -2.21. The van der Waals surface area contributed by atoms with E-state index in [1.54, 1.807) is 35.1 Å². The van der Waals surface area contributed by atoms with Crippen molar-refractivity contribution in [1.82, 2.24) is 9.78 Å². The lowest BCUT2D eigenvalue weighted by atomic mass is 10.2. The summed E-state index contributed by atoms with van der Waals surface area (Å²) in [6.07, 6.45) is 1.66. The Bertz CT molecular complexity index is 984. The molecule has 3 aromatic rings. The van der Waals surface area contributed by atoms with E-state index < -0.39 is 30.1 Å². The number of hydrogen-bond donors (Lipinski definition) is 1. The molecule has 0 fully saturated rings. The molecule has 1 aromatic heterocycles. The van der Waals surface area contributed by atoms with E-state index in [-0.39, 0.29) is 11.3 Å². The van der Waals surface area contributed by atoms with Gasteiger partial charge in [-0.25, -0.2) is 18.3 Å². The number of nitrogens with one attached hydrogen (secondary N) is 1. The summed E-state index contributed by atoms with van der Waals surface area (Å²) in [5.41, 5.74) is 1.63. The van der Waals surface area contributed by atoms with Crippen LogP contribution in [-0.2, 0) is 9.53 Å². The van der Waals surface area contributed by atoms with Crippen LogP contribution < -0.4 is 5.32 Å². The molecule has 27 heavy (non-hydrogen) atoms. The van der Waals surface area contributed by atoms with Crippen LogP contribution >= 0.6 is 0 Å². The van der Waals surface area contributed by atoms with Gasteiger partial charge in [0, 0.05) is 18.0 Å². The Hall–Kier alpha value is -3.55. The molecule has 0 aliphatic carbocycles. The molecule has 0 unspecified atom stereocenters. The highest BCUT2D eigenvalue weighted by Crippen LogP contribution is 2.15. The highest BCUT2D eigenvalue weighted by Gasteiger charge is 2.13. The zero-order valence-corrected chi connectivity index (χ0v) is 14.3. The molecule has 0 aliphatic heterocycles. The fourth-order valence-electron chi connectivity index (χ4n) is 2.37. The van der Waals surface area contributed by atoms with Crippen LogP contribution in [0.4, 0.5) is 14.5 Å². The van der Waals surface area contributed by atoms with Crippen molar-refractivity contribution in [3.05, 3.63) is 77.6 Å². The van der Waals surface area contributed by atoms with Crippen LogP contribution in [0.2, 0.25) is 0 Å². The Balaban J connectivity index is 1.58. The van der Waals surface area contributed by atoms with Crippen LogP contribution in [0, 0.1) is 18.6 Å². The predicted molar refractivity (Wildman–Crippen MR) is 93.6 cm³/mol. The third-order valence-corrected chi connectivity index (χ3v) is 3.72. The first-order chi connectivity index (χ1) is 12.9. The van der Waals surface area contributed by atoms with Crippen molar-refractivity contribution in [3.63, 3.8) is 0 Å². The number of aryl methyl sites for hydroxylation is 1. The van der Waals surface area contributed by atoms with Crippen molar-refractivity contribution in [3.8, 4) is 5.69 Å². The fraction of sp³-hybridized carbons (Fsp3) is 0.105. The van der Waals surface area contributed by atoms with Crippen LogP contribution in [0.5, 0.6) is 0 Å². The summed E-state index contributed by atoms with van der Waals surface area (Å²) in [5.74, 6) is -2.98. The molecule has 1 amide bonds. The van der Waals surface area contributed by atoms with Gasteiger partial charge in [0.05, 0.1) is 16.9 Å². The quantitative estimate of drug-likeness (QED) is 0.699. The summed E-state index contributed by atoms with van der Waals surface area (Å²) in [7, 11) is 0. The number of nitrogens with zero attached hydrogens (tertiary/aromatic N) is 2. The smallest absolute Gasteiger partial charge is 0.338 e. The minimum atomic E-state index is -0.791. The van der Waals surface area contributed by atoms with Gasteiger partial charge in [-0.1, -0.05) is 0 Å². The molecule has 8 heteroatoms. The Morgan fingerprint density at radius 1 is 1.11 bits per heavy atom. The SMILES string of the molecule is Cc1ccnn1-c1ccc(C(=O)OCC(=O)Nc2cc(F)ccc2F)cc1. The van der Waals surface area contributed by atoms with Gasteiger partial charge in [-0.3, -0.25) is 4.79 Å². The second kappa shape index (κ2) is 7.77. The number of aromatic nitrogens is 2. The van der Waals surface area contributed by atoms with E-state index in [0.29, 0.717) is 0 Å². The molecule has 0 atom stereocenters. The Kier molecular flexibility index (Phi) is 5.25. The van der Waals surface area contributed by atoms with Gasteiger partial charge in [-0.15, -0.1) is 0 Å². The maximum absolute atomic E-state index is 13.5. The molecule has 3 rings (SSSR count). The first-order valence-electron chi connectivity index (χ1n) is 7.97.